The summed E-state index contributed by atoms with van der Waals surface area (Å²) in [6.45, 7) is 4.18. The molecule has 0 aliphatic carbocycles. The van der Waals surface area contributed by atoms with E-state index in [0.29, 0.717) is 51.1 Å². The van der Waals surface area contributed by atoms with Gasteiger partial charge in [-0.1, -0.05) is 0 Å². The smallest absolute Gasteiger partial charge is 0.196 e. The van der Waals surface area contributed by atoms with E-state index in [2.05, 4.69) is 10.1 Å². The Bertz CT molecular complexity index is 704. The van der Waals surface area contributed by atoms with Crippen LogP contribution in [-0.4, -0.2) is 72.4 Å². The van der Waals surface area contributed by atoms with Crippen LogP contribution >= 0.6 is 0 Å². The molecule has 0 aliphatic rings. The predicted octanol–water partition coefficient (Wildman–Crippen LogP) is 1.23. The van der Waals surface area contributed by atoms with Gasteiger partial charge in [-0.2, -0.15) is 5.10 Å². The molecule has 0 saturated carbocycles. The molecule has 0 amide bonds. The lowest BCUT2D eigenvalue weighted by molar-refractivity contribution is 0.0179. The first kappa shape index (κ1) is 19.8. The third kappa shape index (κ3) is 6.10. The first-order chi connectivity index (χ1) is 12.6. The van der Waals surface area contributed by atoms with Crippen LogP contribution in [0.3, 0.4) is 0 Å². The number of Topliss-reactive ketones (excluding diaryl/α,β-unsaturated/α-hetero) is 1. The fraction of sp³-hybridized carbons (Fsp3) is 0.471. The molecule has 2 rings (SSSR count). The Morgan fingerprint density at radius 1 is 1.15 bits per heavy atom. The second-order valence-corrected chi connectivity index (χ2v) is 5.28. The second kappa shape index (κ2) is 10.5. The Labute approximate surface area is 151 Å². The molecule has 2 aromatic rings. The van der Waals surface area contributed by atoms with Gasteiger partial charge in [0, 0.05) is 26.3 Å². The first-order valence-corrected chi connectivity index (χ1v) is 8.15. The van der Waals surface area contributed by atoms with Gasteiger partial charge in [0.25, 0.3) is 0 Å². The van der Waals surface area contributed by atoms with Gasteiger partial charge in [-0.25, -0.2) is 9.67 Å². The van der Waals surface area contributed by atoms with E-state index in [1.807, 2.05) is 0 Å². The van der Waals surface area contributed by atoms with Crippen LogP contribution in [-0.2, 0) is 14.2 Å². The van der Waals surface area contributed by atoms with Crippen LogP contribution in [0.1, 0.15) is 17.4 Å². The molecule has 0 aliphatic heterocycles. The quantitative estimate of drug-likeness (QED) is 0.442. The summed E-state index contributed by atoms with van der Waals surface area (Å²) < 4.78 is 22.3. The topological polar surface area (TPSA) is 105 Å². The molecule has 0 saturated heterocycles. The van der Waals surface area contributed by atoms with Crippen molar-refractivity contribution in [3.8, 4) is 17.3 Å². The van der Waals surface area contributed by atoms with Crippen molar-refractivity contribution in [2.45, 2.75) is 6.92 Å². The molecule has 0 atom stereocenters. The molecular formula is C17H23N3O6. The van der Waals surface area contributed by atoms with Crippen molar-refractivity contribution in [1.29, 1.82) is 0 Å². The Hall–Kier alpha value is -2.49. The van der Waals surface area contributed by atoms with E-state index in [-0.39, 0.29) is 17.4 Å². The number of methoxy groups -OCH3 is 1. The van der Waals surface area contributed by atoms with E-state index in [1.165, 1.54) is 23.9 Å². The molecule has 0 bridgehead atoms. The van der Waals surface area contributed by atoms with Gasteiger partial charge in [-0.15, -0.1) is 0 Å². The van der Waals surface area contributed by atoms with Crippen molar-refractivity contribution < 1.29 is 28.8 Å². The van der Waals surface area contributed by atoms with Gasteiger partial charge in [0.2, 0.25) is 0 Å². The van der Waals surface area contributed by atoms with Crippen molar-refractivity contribution in [1.82, 2.24) is 14.8 Å². The van der Waals surface area contributed by atoms with E-state index in [9.17, 15) is 9.90 Å². The van der Waals surface area contributed by atoms with Gasteiger partial charge < -0.3 is 24.1 Å². The number of carbonyl (C=O) groups excluding carboxylic acids is 1. The molecule has 0 fully saturated rings. The van der Waals surface area contributed by atoms with E-state index in [1.54, 1.807) is 19.4 Å². The highest BCUT2D eigenvalue weighted by Gasteiger charge is 2.11. The number of rotatable bonds is 12. The monoisotopic (exact) mass is 365 g/mol. The van der Waals surface area contributed by atoms with E-state index >= 15 is 0 Å². The molecule has 0 unspecified atom stereocenters. The first-order valence-electron chi connectivity index (χ1n) is 8.15. The molecular weight excluding hydrogens is 342 g/mol. The summed E-state index contributed by atoms with van der Waals surface area (Å²) in [4.78, 5) is 15.4. The lowest BCUT2D eigenvalue weighted by Gasteiger charge is -2.09. The highest BCUT2D eigenvalue weighted by molar-refractivity contribution is 5.91. The summed E-state index contributed by atoms with van der Waals surface area (Å²) in [6.07, 6.45) is 3.03. The van der Waals surface area contributed by atoms with Crippen LogP contribution in [0.5, 0.6) is 11.5 Å². The van der Waals surface area contributed by atoms with Gasteiger partial charge in [0.1, 0.15) is 18.1 Å². The molecule has 0 radical (unpaired) electrons. The number of aromatic hydroxyl groups is 1. The number of hydrogen-bond acceptors (Lipinski definition) is 8. The number of nitrogens with zero attached hydrogens (tertiary/aromatic N) is 3. The number of ether oxygens (including phenoxy) is 4. The zero-order valence-electron chi connectivity index (χ0n) is 14.9. The highest BCUT2D eigenvalue weighted by Crippen LogP contribution is 2.23. The summed E-state index contributed by atoms with van der Waals surface area (Å²) in [5.74, 6) is 0.361. The van der Waals surface area contributed by atoms with Crippen molar-refractivity contribution in [3.63, 3.8) is 0 Å². The van der Waals surface area contributed by atoms with Crippen molar-refractivity contribution in [2.24, 2.45) is 0 Å². The molecule has 0 spiro atoms. The average Bonchev–Trinajstić information content (AvgIpc) is 3.10. The third-order valence-corrected chi connectivity index (χ3v) is 3.29. The molecule has 9 heteroatoms. The second-order valence-electron chi connectivity index (χ2n) is 5.28. The number of aromatic nitrogens is 3. The van der Waals surface area contributed by atoms with Gasteiger partial charge >= 0.3 is 0 Å². The largest absolute Gasteiger partial charge is 0.504 e. The summed E-state index contributed by atoms with van der Waals surface area (Å²) in [5.41, 5.74) is 0.301. The number of ketones is 1. The zero-order chi connectivity index (χ0) is 18.8. The normalized spacial score (nSPS) is 10.8. The average molecular weight is 365 g/mol. The lowest BCUT2D eigenvalue weighted by Crippen LogP contribution is -2.12. The Morgan fingerprint density at radius 3 is 2.46 bits per heavy atom. The summed E-state index contributed by atoms with van der Waals surface area (Å²) in [7, 11) is 1.62. The van der Waals surface area contributed by atoms with Gasteiger partial charge in [0.05, 0.1) is 39.2 Å². The summed E-state index contributed by atoms with van der Waals surface area (Å²) >= 11 is 0. The minimum absolute atomic E-state index is 0.104. The van der Waals surface area contributed by atoms with Crippen LogP contribution in [0.4, 0.5) is 0 Å². The highest BCUT2D eigenvalue weighted by atomic mass is 16.6. The van der Waals surface area contributed by atoms with Crippen LogP contribution in [0.2, 0.25) is 0 Å². The third-order valence-electron chi connectivity index (χ3n) is 3.29. The Morgan fingerprint density at radius 2 is 1.85 bits per heavy atom. The maximum Gasteiger partial charge on any atom is 0.196 e. The maximum absolute atomic E-state index is 11.3. The summed E-state index contributed by atoms with van der Waals surface area (Å²) in [5, 5.41) is 14.1. The van der Waals surface area contributed by atoms with Crippen molar-refractivity contribution >= 4 is 5.78 Å². The van der Waals surface area contributed by atoms with Crippen molar-refractivity contribution in [3.05, 3.63) is 30.2 Å². The molecule has 9 nitrogen and oxygen atoms in total. The van der Waals surface area contributed by atoms with E-state index < -0.39 is 0 Å². The Kier molecular flexibility index (Phi) is 8.00. The van der Waals surface area contributed by atoms with Gasteiger partial charge in [-0.3, -0.25) is 4.79 Å². The standard InChI is InChI=1S/C17H23N3O6/c1-13(21)15-3-4-20(19-15)17-16(22)11-14(12-18-17)26-10-9-25-8-7-24-6-5-23-2/h3-4,11-12,22H,5-10H2,1-2H3. The van der Waals surface area contributed by atoms with Crippen LogP contribution < -0.4 is 4.74 Å². The number of hydrogen-bond donors (Lipinski definition) is 1. The molecule has 1 N–H and O–H groups in total. The van der Waals surface area contributed by atoms with Gasteiger partial charge in [-0.05, 0) is 6.07 Å². The Balaban J connectivity index is 1.74. The van der Waals surface area contributed by atoms with E-state index in [0.717, 1.165) is 0 Å². The minimum Gasteiger partial charge on any atom is -0.504 e. The predicted molar refractivity (Wildman–Crippen MR) is 92.0 cm³/mol. The number of carbonyl (C=O) groups is 1. The van der Waals surface area contributed by atoms with Crippen LogP contribution in [0.15, 0.2) is 24.5 Å². The number of pyridine rings is 1. The fourth-order valence-corrected chi connectivity index (χ4v) is 2.00. The van der Waals surface area contributed by atoms with Crippen LogP contribution in [0, 0.1) is 0 Å². The fourth-order valence-electron chi connectivity index (χ4n) is 2.00. The zero-order valence-corrected chi connectivity index (χ0v) is 14.9. The molecule has 0 aromatic carbocycles. The van der Waals surface area contributed by atoms with Crippen LogP contribution in [0.25, 0.3) is 5.82 Å². The lowest BCUT2D eigenvalue weighted by atomic mass is 10.3. The molecule has 26 heavy (non-hydrogen) atoms. The molecule has 2 heterocycles. The SMILES string of the molecule is COCCOCCOCCOc1cnc(-n2ccc(C(C)=O)n2)c(O)c1. The molecule has 142 valence electrons. The minimum atomic E-state index is -0.160. The summed E-state index contributed by atoms with van der Waals surface area (Å²) in [6, 6.07) is 3.00. The maximum atomic E-state index is 11.3. The van der Waals surface area contributed by atoms with E-state index in [4.69, 9.17) is 18.9 Å². The van der Waals surface area contributed by atoms with Gasteiger partial charge in [0.15, 0.2) is 17.4 Å². The van der Waals surface area contributed by atoms with Crippen molar-refractivity contribution in [2.75, 3.05) is 46.8 Å². The molecule has 2 aromatic heterocycles.